The summed E-state index contributed by atoms with van der Waals surface area (Å²) in [5, 5.41) is 21.6. The lowest BCUT2D eigenvalue weighted by molar-refractivity contribution is -0.427. The van der Waals surface area contributed by atoms with Crippen molar-refractivity contribution in [2.75, 3.05) is 0 Å². The number of aryl methyl sites for hydroxylation is 1. The maximum absolute atomic E-state index is 10.9. The van der Waals surface area contributed by atoms with E-state index in [1.807, 2.05) is 13.0 Å². The number of halogens is 1. The summed E-state index contributed by atoms with van der Waals surface area (Å²) in [6.45, 7) is 1.85. The fourth-order valence-corrected chi connectivity index (χ4v) is 2.68. The Balaban J connectivity index is 2.22. The minimum atomic E-state index is -0.357. The molecule has 6 heteroatoms. The predicted molar refractivity (Wildman–Crippen MR) is 75.6 cm³/mol. The molecule has 1 aromatic carbocycles. The highest BCUT2D eigenvalue weighted by Gasteiger charge is 2.22. The van der Waals surface area contributed by atoms with Crippen molar-refractivity contribution in [2.24, 2.45) is 0 Å². The summed E-state index contributed by atoms with van der Waals surface area (Å²) in [6.07, 6.45) is 2.25. The second kappa shape index (κ2) is 4.45. The number of phenols is 1. The Kier molecular flexibility index (Phi) is 2.87. The molecule has 1 aliphatic rings. The normalized spacial score (nSPS) is 14.0. The molecule has 0 aliphatic heterocycles. The highest BCUT2D eigenvalue weighted by atomic mass is 35.5. The second-order valence-electron chi connectivity index (χ2n) is 4.85. The molecule has 0 fully saturated rings. The number of nitrogens with zero attached hydrogens (tertiary/aromatic N) is 2. The summed E-state index contributed by atoms with van der Waals surface area (Å²) in [4.78, 5) is 15.0. The van der Waals surface area contributed by atoms with Gasteiger partial charge in [0.1, 0.15) is 10.8 Å². The van der Waals surface area contributed by atoms with E-state index in [0.717, 1.165) is 22.2 Å². The minimum Gasteiger partial charge on any atom is -0.506 e. The van der Waals surface area contributed by atoms with Crippen molar-refractivity contribution < 1.29 is 10.0 Å². The van der Waals surface area contributed by atoms with Crippen molar-refractivity contribution in [2.45, 2.75) is 19.8 Å². The number of phenolic OH excluding ortho intramolecular Hbond substituents is 1. The van der Waals surface area contributed by atoms with Gasteiger partial charge in [-0.05, 0) is 36.3 Å². The first-order chi connectivity index (χ1) is 9.47. The summed E-state index contributed by atoms with van der Waals surface area (Å²) in [5.41, 5.74) is 3.20. The molecule has 1 N–H and O–H groups in total. The highest BCUT2D eigenvalue weighted by Crippen LogP contribution is 2.35. The summed E-state index contributed by atoms with van der Waals surface area (Å²) in [7, 11) is 0. The molecule has 0 atom stereocenters. The van der Waals surface area contributed by atoms with E-state index < -0.39 is 0 Å². The first-order valence-electron chi connectivity index (χ1n) is 6.11. The number of allylic oxidation sites excluding steroid dienone is 2. The maximum atomic E-state index is 10.9. The van der Waals surface area contributed by atoms with E-state index in [1.54, 1.807) is 12.1 Å². The Bertz CT molecular complexity index is 784. The molecule has 0 bridgehead atoms. The van der Waals surface area contributed by atoms with Gasteiger partial charge in [-0.1, -0.05) is 11.6 Å². The van der Waals surface area contributed by atoms with Gasteiger partial charge in [-0.15, -0.1) is 0 Å². The van der Waals surface area contributed by atoms with Gasteiger partial charge in [0.25, 0.3) is 0 Å². The van der Waals surface area contributed by atoms with E-state index in [4.69, 9.17) is 11.6 Å². The van der Waals surface area contributed by atoms with Crippen LogP contribution < -0.4 is 0 Å². The maximum Gasteiger partial charge on any atom is 0.247 e. The van der Waals surface area contributed by atoms with Crippen LogP contribution in [0, 0.1) is 17.0 Å². The zero-order chi connectivity index (χ0) is 14.4. The van der Waals surface area contributed by atoms with Gasteiger partial charge in [-0.25, -0.2) is 0 Å². The molecular formula is C14H11ClN2O3. The third kappa shape index (κ3) is 1.91. The number of pyridine rings is 1. The predicted octanol–water partition coefficient (Wildman–Crippen LogP) is 3.16. The average Bonchev–Trinajstić information content (AvgIpc) is 2.42. The lowest BCUT2D eigenvalue weighted by Crippen LogP contribution is -2.11. The first kappa shape index (κ1) is 12.9. The Morgan fingerprint density at radius 2 is 2.20 bits per heavy atom. The van der Waals surface area contributed by atoms with Gasteiger partial charge in [0.2, 0.25) is 5.70 Å². The molecule has 1 aliphatic carbocycles. The topological polar surface area (TPSA) is 76.3 Å². The van der Waals surface area contributed by atoms with Crippen LogP contribution in [-0.2, 0) is 12.8 Å². The van der Waals surface area contributed by atoms with Crippen LogP contribution in [0.25, 0.3) is 10.9 Å². The lowest BCUT2D eigenvalue weighted by atomic mass is 9.96. The van der Waals surface area contributed by atoms with Gasteiger partial charge >= 0.3 is 0 Å². The Morgan fingerprint density at radius 3 is 2.90 bits per heavy atom. The molecule has 1 aromatic heterocycles. The quantitative estimate of drug-likeness (QED) is 0.646. The van der Waals surface area contributed by atoms with Gasteiger partial charge in [0, 0.05) is 17.5 Å². The molecule has 2 aromatic rings. The zero-order valence-electron chi connectivity index (χ0n) is 10.7. The zero-order valence-corrected chi connectivity index (χ0v) is 11.4. The van der Waals surface area contributed by atoms with Crippen molar-refractivity contribution in [3.05, 3.63) is 55.9 Å². The van der Waals surface area contributed by atoms with Gasteiger partial charge in [0.15, 0.2) is 0 Å². The van der Waals surface area contributed by atoms with Crippen LogP contribution in [-0.4, -0.2) is 15.0 Å². The van der Waals surface area contributed by atoms with Gasteiger partial charge in [0.05, 0.1) is 16.9 Å². The van der Waals surface area contributed by atoms with Crippen molar-refractivity contribution in [3.8, 4) is 5.75 Å². The van der Waals surface area contributed by atoms with E-state index in [0.29, 0.717) is 11.9 Å². The van der Waals surface area contributed by atoms with Crippen LogP contribution in [0.5, 0.6) is 5.75 Å². The fourth-order valence-electron chi connectivity index (χ4n) is 2.48. The van der Waals surface area contributed by atoms with E-state index in [9.17, 15) is 15.2 Å². The third-order valence-electron chi connectivity index (χ3n) is 3.54. The molecule has 0 unspecified atom stereocenters. The lowest BCUT2D eigenvalue weighted by Gasteiger charge is -2.14. The molecule has 5 nitrogen and oxygen atoms in total. The fraction of sp³-hybridized carbons (Fsp3) is 0.214. The largest absolute Gasteiger partial charge is 0.506 e. The molecule has 20 heavy (non-hydrogen) atoms. The number of aromatic hydroxyl groups is 1. The SMILES string of the molecule is Cc1cc(O)c(Cl)c2nc3c(cc12)CC([N+](=O)[O-])=CC3. The monoisotopic (exact) mass is 290 g/mol. The summed E-state index contributed by atoms with van der Waals surface area (Å²) < 4.78 is 0. The number of fused-ring (bicyclic) bond motifs is 2. The number of hydrogen-bond acceptors (Lipinski definition) is 4. The number of rotatable bonds is 1. The Hall–Kier alpha value is -2.14. The molecular weight excluding hydrogens is 280 g/mol. The Labute approximate surface area is 119 Å². The van der Waals surface area contributed by atoms with Crippen molar-refractivity contribution in [1.29, 1.82) is 0 Å². The van der Waals surface area contributed by atoms with Crippen LogP contribution in [0.4, 0.5) is 0 Å². The first-order valence-corrected chi connectivity index (χ1v) is 6.49. The van der Waals surface area contributed by atoms with Crippen LogP contribution in [0.2, 0.25) is 5.02 Å². The number of hydrogen-bond donors (Lipinski definition) is 1. The van der Waals surface area contributed by atoms with Crippen LogP contribution in [0.1, 0.15) is 16.8 Å². The van der Waals surface area contributed by atoms with Crippen molar-refractivity contribution in [3.63, 3.8) is 0 Å². The van der Waals surface area contributed by atoms with Crippen LogP contribution in [0.3, 0.4) is 0 Å². The Morgan fingerprint density at radius 1 is 1.45 bits per heavy atom. The third-order valence-corrected chi connectivity index (χ3v) is 3.91. The smallest absolute Gasteiger partial charge is 0.247 e. The average molecular weight is 291 g/mol. The van der Waals surface area contributed by atoms with Gasteiger partial charge in [-0.3, -0.25) is 15.1 Å². The molecule has 102 valence electrons. The standard InChI is InChI=1S/C14H11ClN2O3/c1-7-4-12(18)13(15)14-10(7)6-8-5-9(17(19)20)2-3-11(8)16-14/h2,4,6,18H,3,5H2,1H3. The minimum absolute atomic E-state index is 0.00134. The second-order valence-corrected chi connectivity index (χ2v) is 5.23. The van der Waals surface area contributed by atoms with Gasteiger partial charge in [-0.2, -0.15) is 0 Å². The van der Waals surface area contributed by atoms with Crippen molar-refractivity contribution in [1.82, 2.24) is 4.98 Å². The van der Waals surface area contributed by atoms with Crippen LogP contribution in [0.15, 0.2) is 23.9 Å². The van der Waals surface area contributed by atoms with Gasteiger partial charge < -0.3 is 5.11 Å². The molecule has 0 radical (unpaired) electrons. The molecule has 1 heterocycles. The van der Waals surface area contributed by atoms with E-state index in [2.05, 4.69) is 4.98 Å². The molecule has 0 spiro atoms. The summed E-state index contributed by atoms with van der Waals surface area (Å²) in [5.74, 6) is 0.00134. The molecule has 0 saturated heterocycles. The number of benzene rings is 1. The highest BCUT2D eigenvalue weighted by molar-refractivity contribution is 6.36. The van der Waals surface area contributed by atoms with E-state index in [1.165, 1.54) is 0 Å². The van der Waals surface area contributed by atoms with E-state index in [-0.39, 0.29) is 27.8 Å². The number of nitro groups is 1. The molecule has 0 amide bonds. The van der Waals surface area contributed by atoms with Crippen LogP contribution >= 0.6 is 11.6 Å². The number of aromatic nitrogens is 1. The van der Waals surface area contributed by atoms with E-state index >= 15 is 0 Å². The summed E-state index contributed by atoms with van der Waals surface area (Å²) >= 11 is 6.08. The molecule has 0 saturated carbocycles. The van der Waals surface area contributed by atoms with Crippen molar-refractivity contribution >= 4 is 22.5 Å². The molecule has 3 rings (SSSR count). The summed E-state index contributed by atoms with van der Waals surface area (Å²) in [6, 6.07) is 3.46.